The molecule has 288 valence electrons. The Morgan fingerprint density at radius 3 is 1.45 bits per heavy atom. The number of aromatic hydroxyl groups is 1. The minimum absolute atomic E-state index is 0.0324. The van der Waals surface area contributed by atoms with Crippen molar-refractivity contribution >= 4 is 17.5 Å². The number of carbonyl (C=O) groups is 1. The molecule has 51 heavy (non-hydrogen) atoms. The SMILES string of the molecule is CCCCCCCCCCCCN(CCCCCCCCCCCC)c1ccc(/C=C/C(=O)c2ccc(OCCCCCCCC)cc2O)cc1. The molecule has 0 saturated carbocycles. The van der Waals surface area contributed by atoms with E-state index in [4.69, 9.17) is 4.74 Å². The number of nitrogens with zero attached hydrogens (tertiary/aromatic N) is 1. The number of carbonyl (C=O) groups excluding carboxylic acids is 1. The molecular weight excluding hydrogens is 627 g/mol. The van der Waals surface area contributed by atoms with E-state index in [-0.39, 0.29) is 11.5 Å². The highest BCUT2D eigenvalue weighted by molar-refractivity contribution is 6.08. The molecule has 2 aromatic carbocycles. The summed E-state index contributed by atoms with van der Waals surface area (Å²) in [5, 5.41) is 10.6. The van der Waals surface area contributed by atoms with Crippen molar-refractivity contribution in [1.82, 2.24) is 0 Å². The molecule has 0 saturated heterocycles. The molecule has 0 bridgehead atoms. The molecule has 0 radical (unpaired) electrons. The molecule has 4 heteroatoms. The van der Waals surface area contributed by atoms with Crippen LogP contribution < -0.4 is 9.64 Å². The van der Waals surface area contributed by atoms with Gasteiger partial charge in [-0.05, 0) is 55.2 Å². The van der Waals surface area contributed by atoms with E-state index in [2.05, 4.69) is 49.9 Å². The first-order chi connectivity index (χ1) is 25.1. The van der Waals surface area contributed by atoms with Crippen LogP contribution in [0.2, 0.25) is 0 Å². The molecule has 0 amide bonds. The fourth-order valence-electron chi connectivity index (χ4n) is 6.89. The molecule has 0 fully saturated rings. The van der Waals surface area contributed by atoms with Crippen molar-refractivity contribution in [1.29, 1.82) is 0 Å². The van der Waals surface area contributed by atoms with Crippen molar-refractivity contribution < 1.29 is 14.6 Å². The largest absolute Gasteiger partial charge is 0.507 e. The Balaban J connectivity index is 1.84. The van der Waals surface area contributed by atoms with Crippen LogP contribution in [0.15, 0.2) is 48.5 Å². The second-order valence-electron chi connectivity index (χ2n) is 14.9. The third-order valence-corrected chi connectivity index (χ3v) is 10.2. The van der Waals surface area contributed by atoms with Gasteiger partial charge in [-0.1, -0.05) is 187 Å². The van der Waals surface area contributed by atoms with Crippen LogP contribution in [0.1, 0.15) is 204 Å². The van der Waals surface area contributed by atoms with Crippen molar-refractivity contribution in [3.63, 3.8) is 0 Å². The molecule has 0 aliphatic carbocycles. The van der Waals surface area contributed by atoms with Crippen molar-refractivity contribution in [2.75, 3.05) is 24.6 Å². The Morgan fingerprint density at radius 1 is 0.569 bits per heavy atom. The van der Waals surface area contributed by atoms with Gasteiger partial charge >= 0.3 is 0 Å². The van der Waals surface area contributed by atoms with E-state index >= 15 is 0 Å². The molecule has 2 rings (SSSR count). The van der Waals surface area contributed by atoms with E-state index in [0.717, 1.165) is 31.5 Å². The van der Waals surface area contributed by atoms with Crippen LogP contribution in [-0.2, 0) is 0 Å². The minimum Gasteiger partial charge on any atom is -0.507 e. The third-order valence-electron chi connectivity index (χ3n) is 10.2. The average molecular weight is 704 g/mol. The van der Waals surface area contributed by atoms with Gasteiger partial charge in [-0.25, -0.2) is 0 Å². The molecule has 0 aliphatic heterocycles. The van der Waals surface area contributed by atoms with E-state index in [0.29, 0.717) is 17.9 Å². The highest BCUT2D eigenvalue weighted by atomic mass is 16.5. The third kappa shape index (κ3) is 22.0. The van der Waals surface area contributed by atoms with Crippen LogP contribution in [0.25, 0.3) is 6.08 Å². The number of benzene rings is 2. The van der Waals surface area contributed by atoms with Gasteiger partial charge in [-0.15, -0.1) is 0 Å². The van der Waals surface area contributed by atoms with Crippen molar-refractivity contribution in [3.05, 3.63) is 59.7 Å². The average Bonchev–Trinajstić information content (AvgIpc) is 3.14. The van der Waals surface area contributed by atoms with Crippen LogP contribution in [0.4, 0.5) is 5.69 Å². The summed E-state index contributed by atoms with van der Waals surface area (Å²) < 4.78 is 5.82. The van der Waals surface area contributed by atoms with E-state index in [1.54, 1.807) is 24.3 Å². The lowest BCUT2D eigenvalue weighted by Crippen LogP contribution is -2.25. The summed E-state index contributed by atoms with van der Waals surface area (Å²) in [5.74, 6) is 0.370. The molecule has 0 atom stereocenters. The Labute approximate surface area is 314 Å². The van der Waals surface area contributed by atoms with E-state index in [1.165, 1.54) is 160 Å². The number of ether oxygens (including phenoxy) is 1. The number of anilines is 1. The van der Waals surface area contributed by atoms with Gasteiger partial charge in [0.1, 0.15) is 11.5 Å². The number of ketones is 1. The number of phenols is 1. The topological polar surface area (TPSA) is 49.8 Å². The normalized spacial score (nSPS) is 11.4. The summed E-state index contributed by atoms with van der Waals surface area (Å²) in [7, 11) is 0. The summed E-state index contributed by atoms with van der Waals surface area (Å²) in [4.78, 5) is 15.5. The fraction of sp³-hybridized carbons (Fsp3) is 0.681. The minimum atomic E-state index is -0.206. The van der Waals surface area contributed by atoms with Crippen LogP contribution in [0.3, 0.4) is 0 Å². The molecule has 0 aromatic heterocycles. The predicted molar refractivity (Wildman–Crippen MR) is 223 cm³/mol. The van der Waals surface area contributed by atoms with E-state index in [9.17, 15) is 9.90 Å². The predicted octanol–water partition coefficient (Wildman–Crippen LogP) is 14.7. The maximum atomic E-state index is 13.0. The number of rotatable bonds is 34. The maximum absolute atomic E-state index is 13.0. The summed E-state index contributed by atoms with van der Waals surface area (Å²) in [6.07, 6.45) is 37.8. The second kappa shape index (κ2) is 30.8. The van der Waals surface area contributed by atoms with Gasteiger partial charge in [0.25, 0.3) is 0 Å². The first kappa shape index (κ1) is 44.4. The molecule has 0 unspecified atom stereocenters. The summed E-state index contributed by atoms with van der Waals surface area (Å²) in [5.41, 5.74) is 2.57. The molecule has 1 N–H and O–H groups in total. The Bertz CT molecular complexity index is 1120. The zero-order valence-electron chi connectivity index (χ0n) is 33.4. The molecule has 0 aliphatic rings. The highest BCUT2D eigenvalue weighted by Gasteiger charge is 2.11. The Hall–Kier alpha value is -2.75. The molecule has 4 nitrogen and oxygen atoms in total. The van der Waals surface area contributed by atoms with Gasteiger partial charge < -0.3 is 14.7 Å². The highest BCUT2D eigenvalue weighted by Crippen LogP contribution is 2.25. The van der Waals surface area contributed by atoms with Crippen molar-refractivity contribution in [2.45, 2.75) is 188 Å². The van der Waals surface area contributed by atoms with Gasteiger partial charge in [-0.2, -0.15) is 0 Å². The summed E-state index contributed by atoms with van der Waals surface area (Å²) in [6.45, 7) is 9.65. The summed E-state index contributed by atoms with van der Waals surface area (Å²) in [6, 6.07) is 13.7. The van der Waals surface area contributed by atoms with Gasteiger partial charge in [0.15, 0.2) is 5.78 Å². The number of hydrogen-bond acceptors (Lipinski definition) is 4. The van der Waals surface area contributed by atoms with Crippen LogP contribution in [-0.4, -0.2) is 30.6 Å². The number of unbranched alkanes of at least 4 members (excludes halogenated alkanes) is 23. The quantitative estimate of drug-likeness (QED) is 0.0448. The van der Waals surface area contributed by atoms with Crippen molar-refractivity contribution in [2.24, 2.45) is 0 Å². The fourth-order valence-corrected chi connectivity index (χ4v) is 6.89. The van der Waals surface area contributed by atoms with Gasteiger partial charge in [0.2, 0.25) is 0 Å². The lowest BCUT2D eigenvalue weighted by atomic mass is 10.1. The standard InChI is InChI=1S/C47H77NO3/c1-4-7-10-13-16-18-20-22-24-27-38-48(39-28-25-23-21-19-17-14-11-8-5-2)43-33-30-42(31-34-43)32-37-46(49)45-36-35-44(41-47(45)50)51-40-29-26-15-12-9-6-3/h30-37,41,50H,4-29,38-40H2,1-3H3/b37-32+. The van der Waals surface area contributed by atoms with E-state index in [1.807, 2.05) is 6.08 Å². The molecular formula is C47H77NO3. The number of allylic oxidation sites excluding steroid dienone is 1. The van der Waals surface area contributed by atoms with Crippen molar-refractivity contribution in [3.8, 4) is 11.5 Å². The smallest absolute Gasteiger partial charge is 0.189 e. The van der Waals surface area contributed by atoms with Crippen LogP contribution in [0.5, 0.6) is 11.5 Å². The lowest BCUT2D eigenvalue weighted by molar-refractivity contribution is 0.104. The Kier molecular flexibility index (Phi) is 26.9. The first-order valence-electron chi connectivity index (χ1n) is 21.6. The van der Waals surface area contributed by atoms with Gasteiger partial charge in [-0.3, -0.25) is 4.79 Å². The van der Waals surface area contributed by atoms with Gasteiger partial charge in [0.05, 0.1) is 12.2 Å². The first-order valence-corrected chi connectivity index (χ1v) is 21.6. The van der Waals surface area contributed by atoms with Crippen LogP contribution >= 0.6 is 0 Å². The van der Waals surface area contributed by atoms with Gasteiger partial charge in [0, 0.05) is 24.8 Å². The molecule has 0 heterocycles. The Morgan fingerprint density at radius 2 is 1.00 bits per heavy atom. The van der Waals surface area contributed by atoms with E-state index < -0.39 is 0 Å². The zero-order valence-corrected chi connectivity index (χ0v) is 33.4. The number of hydrogen-bond donors (Lipinski definition) is 1. The summed E-state index contributed by atoms with van der Waals surface area (Å²) >= 11 is 0. The number of phenolic OH excluding ortho intramolecular Hbond substituents is 1. The second-order valence-corrected chi connectivity index (χ2v) is 14.9. The van der Waals surface area contributed by atoms with Crippen LogP contribution in [0, 0.1) is 0 Å². The molecule has 2 aromatic rings. The zero-order chi connectivity index (χ0) is 36.6. The maximum Gasteiger partial charge on any atom is 0.189 e. The lowest BCUT2D eigenvalue weighted by Gasteiger charge is -2.25. The molecule has 0 spiro atoms. The monoisotopic (exact) mass is 704 g/mol.